The molecule has 0 unspecified atom stereocenters. The number of amides is 1. The van der Waals surface area contributed by atoms with E-state index in [2.05, 4.69) is 30.5 Å². The van der Waals surface area contributed by atoms with E-state index in [4.69, 9.17) is 0 Å². The van der Waals surface area contributed by atoms with Gasteiger partial charge in [0.25, 0.3) is 5.91 Å². The van der Waals surface area contributed by atoms with Gasteiger partial charge in [0.15, 0.2) is 5.65 Å². The fraction of sp³-hybridized carbons (Fsp3) is 0.278. The summed E-state index contributed by atoms with van der Waals surface area (Å²) in [5, 5.41) is 15.3. The molecule has 0 spiro atoms. The molecule has 0 saturated carbocycles. The minimum atomic E-state index is -0.0892. The Morgan fingerprint density at radius 3 is 3.00 bits per heavy atom. The maximum Gasteiger partial charge on any atom is 0.270 e. The number of aryl methyl sites for hydroxylation is 1. The predicted molar refractivity (Wildman–Crippen MR) is 98.7 cm³/mol. The van der Waals surface area contributed by atoms with Gasteiger partial charge in [-0.1, -0.05) is 6.07 Å². The van der Waals surface area contributed by atoms with Crippen molar-refractivity contribution >= 4 is 23.0 Å². The van der Waals surface area contributed by atoms with Gasteiger partial charge >= 0.3 is 0 Å². The van der Waals surface area contributed by atoms with E-state index in [-0.39, 0.29) is 5.91 Å². The lowest BCUT2D eigenvalue weighted by Crippen LogP contribution is -2.52. The van der Waals surface area contributed by atoms with E-state index in [0.29, 0.717) is 18.2 Å². The van der Waals surface area contributed by atoms with E-state index >= 15 is 0 Å². The highest BCUT2D eigenvalue weighted by atomic mass is 16.1. The highest BCUT2D eigenvalue weighted by molar-refractivity contribution is 5.94. The third-order valence-corrected chi connectivity index (χ3v) is 4.90. The summed E-state index contributed by atoms with van der Waals surface area (Å²) in [6.45, 7) is 4.20. The van der Waals surface area contributed by atoms with E-state index < -0.39 is 0 Å². The zero-order valence-electron chi connectivity index (χ0n) is 14.8. The van der Waals surface area contributed by atoms with Crippen LogP contribution in [0.5, 0.6) is 0 Å². The predicted octanol–water partition coefficient (Wildman–Crippen LogP) is 0.947. The lowest BCUT2D eigenvalue weighted by atomic mass is 10.0. The molecule has 0 bridgehead atoms. The van der Waals surface area contributed by atoms with Gasteiger partial charge in [-0.05, 0) is 31.2 Å². The van der Waals surface area contributed by atoms with Crippen LogP contribution in [0.25, 0.3) is 11.3 Å². The molecular formula is C18H18N8O. The van der Waals surface area contributed by atoms with Crippen molar-refractivity contribution in [2.24, 2.45) is 5.92 Å². The maximum absolute atomic E-state index is 12.6. The van der Waals surface area contributed by atoms with Crippen molar-refractivity contribution in [3.8, 4) is 0 Å². The number of nitrogens with zero attached hydrogens (tertiary/aromatic N) is 7. The largest absolute Gasteiger partial charge is 0.354 e. The normalized spacial score (nSPS) is 14.6. The molecule has 1 amide bonds. The molecule has 1 aliphatic heterocycles. The van der Waals surface area contributed by atoms with Crippen molar-refractivity contribution < 1.29 is 4.79 Å². The van der Waals surface area contributed by atoms with E-state index in [1.165, 1.54) is 0 Å². The lowest BCUT2D eigenvalue weighted by Gasteiger charge is -2.40. The van der Waals surface area contributed by atoms with Gasteiger partial charge in [0, 0.05) is 31.7 Å². The Morgan fingerprint density at radius 1 is 1.22 bits per heavy atom. The van der Waals surface area contributed by atoms with Crippen LogP contribution in [0.3, 0.4) is 0 Å². The molecule has 4 aromatic rings. The first-order chi connectivity index (χ1) is 13.2. The van der Waals surface area contributed by atoms with E-state index in [1.807, 2.05) is 47.9 Å². The molecule has 5 rings (SSSR count). The van der Waals surface area contributed by atoms with Gasteiger partial charge in [0.2, 0.25) is 0 Å². The van der Waals surface area contributed by atoms with Crippen LogP contribution in [-0.2, 0) is 0 Å². The second kappa shape index (κ2) is 6.04. The molecule has 1 saturated heterocycles. The molecule has 1 N–H and O–H groups in total. The number of rotatable bonds is 4. The third kappa shape index (κ3) is 2.67. The van der Waals surface area contributed by atoms with Crippen molar-refractivity contribution in [3.63, 3.8) is 0 Å². The smallest absolute Gasteiger partial charge is 0.270 e. The molecule has 136 valence electrons. The minimum absolute atomic E-state index is 0.0892. The van der Waals surface area contributed by atoms with Crippen LogP contribution in [0.2, 0.25) is 0 Å². The molecule has 0 aromatic carbocycles. The molecule has 1 aliphatic rings. The van der Waals surface area contributed by atoms with Crippen LogP contribution in [-0.4, -0.2) is 54.7 Å². The van der Waals surface area contributed by atoms with Crippen LogP contribution in [0.4, 0.5) is 5.82 Å². The van der Waals surface area contributed by atoms with Crippen molar-refractivity contribution in [1.29, 1.82) is 0 Å². The Hall–Kier alpha value is -3.49. The van der Waals surface area contributed by atoms with Gasteiger partial charge in [-0.15, -0.1) is 15.3 Å². The zero-order valence-corrected chi connectivity index (χ0v) is 14.8. The van der Waals surface area contributed by atoms with Crippen LogP contribution in [0.15, 0.2) is 42.9 Å². The first-order valence-corrected chi connectivity index (χ1v) is 8.83. The molecule has 0 radical (unpaired) electrons. The number of anilines is 1. The molecule has 9 heteroatoms. The van der Waals surface area contributed by atoms with Crippen LogP contribution < -0.4 is 10.2 Å². The Balaban J connectivity index is 1.21. The average molecular weight is 362 g/mol. The molecular weight excluding hydrogens is 344 g/mol. The third-order valence-electron chi connectivity index (χ3n) is 4.90. The van der Waals surface area contributed by atoms with Gasteiger partial charge in [0.1, 0.15) is 23.5 Å². The topological polar surface area (TPSA) is 92.7 Å². The Kier molecular flexibility index (Phi) is 3.52. The van der Waals surface area contributed by atoms with Crippen molar-refractivity contribution in [2.45, 2.75) is 6.92 Å². The summed E-state index contributed by atoms with van der Waals surface area (Å²) in [5.74, 6) is 1.20. The SMILES string of the molecule is Cc1nc2ccccn2c1C(=O)NCC1CN(c2ccc3nncn3n2)C1. The Bertz CT molecular complexity index is 1140. The van der Waals surface area contributed by atoms with Gasteiger partial charge in [0.05, 0.1) is 5.69 Å². The van der Waals surface area contributed by atoms with Crippen LogP contribution in [0.1, 0.15) is 16.2 Å². The van der Waals surface area contributed by atoms with Crippen LogP contribution >= 0.6 is 0 Å². The molecule has 4 aromatic heterocycles. The second-order valence-electron chi connectivity index (χ2n) is 6.78. The summed E-state index contributed by atoms with van der Waals surface area (Å²) in [7, 11) is 0. The maximum atomic E-state index is 12.6. The quantitative estimate of drug-likeness (QED) is 0.581. The minimum Gasteiger partial charge on any atom is -0.354 e. The number of hydrogen-bond donors (Lipinski definition) is 1. The first-order valence-electron chi connectivity index (χ1n) is 8.83. The summed E-state index contributed by atoms with van der Waals surface area (Å²) < 4.78 is 3.49. The van der Waals surface area contributed by atoms with Gasteiger partial charge in [-0.3, -0.25) is 9.20 Å². The lowest BCUT2D eigenvalue weighted by molar-refractivity contribution is 0.0938. The highest BCUT2D eigenvalue weighted by Crippen LogP contribution is 2.22. The van der Waals surface area contributed by atoms with Crippen molar-refractivity contribution in [2.75, 3.05) is 24.5 Å². The number of pyridine rings is 1. The molecule has 5 heterocycles. The summed E-state index contributed by atoms with van der Waals surface area (Å²) in [6.07, 6.45) is 3.46. The van der Waals surface area contributed by atoms with Gasteiger partial charge in [-0.2, -0.15) is 4.52 Å². The molecule has 9 nitrogen and oxygen atoms in total. The summed E-state index contributed by atoms with van der Waals surface area (Å²) >= 11 is 0. The second-order valence-corrected chi connectivity index (χ2v) is 6.78. The number of aromatic nitrogens is 6. The summed E-state index contributed by atoms with van der Waals surface area (Å²) in [6, 6.07) is 9.55. The molecule has 1 fully saturated rings. The molecule has 27 heavy (non-hydrogen) atoms. The van der Waals surface area contributed by atoms with E-state index in [1.54, 1.807) is 10.8 Å². The highest BCUT2D eigenvalue weighted by Gasteiger charge is 2.29. The van der Waals surface area contributed by atoms with Gasteiger partial charge < -0.3 is 10.2 Å². The Morgan fingerprint density at radius 2 is 2.11 bits per heavy atom. The number of fused-ring (bicyclic) bond motifs is 2. The number of hydrogen-bond acceptors (Lipinski definition) is 6. The summed E-state index contributed by atoms with van der Waals surface area (Å²) in [4.78, 5) is 19.3. The number of nitrogens with one attached hydrogen (secondary N) is 1. The van der Waals surface area contributed by atoms with Gasteiger partial charge in [-0.25, -0.2) is 4.98 Å². The average Bonchev–Trinajstić information content (AvgIpc) is 3.22. The fourth-order valence-electron chi connectivity index (χ4n) is 3.48. The molecule has 0 aliphatic carbocycles. The summed E-state index contributed by atoms with van der Waals surface area (Å²) in [5.41, 5.74) is 2.85. The van der Waals surface area contributed by atoms with Crippen molar-refractivity contribution in [3.05, 3.63) is 54.2 Å². The molecule has 0 atom stereocenters. The zero-order chi connectivity index (χ0) is 18.4. The standard InChI is InChI=1S/C18H18N8O/c1-12-17(25-7-3-2-4-14(25)21-12)18(27)19-8-13-9-24(10-13)16-6-5-15-22-20-11-26(15)23-16/h2-7,11,13H,8-10H2,1H3,(H,19,27). The fourth-order valence-corrected chi connectivity index (χ4v) is 3.48. The number of carbonyl (C=O) groups excluding carboxylic acids is 1. The van der Waals surface area contributed by atoms with Crippen molar-refractivity contribution in [1.82, 2.24) is 34.5 Å². The van der Waals surface area contributed by atoms with E-state index in [0.717, 1.165) is 35.9 Å². The first kappa shape index (κ1) is 15.7. The number of carbonyl (C=O) groups is 1. The monoisotopic (exact) mass is 362 g/mol. The van der Waals surface area contributed by atoms with Crippen LogP contribution in [0, 0.1) is 12.8 Å². The van der Waals surface area contributed by atoms with E-state index in [9.17, 15) is 4.79 Å². The number of imidazole rings is 1. The Labute approximate surface area is 154 Å².